The van der Waals surface area contributed by atoms with Crippen molar-refractivity contribution in [3.63, 3.8) is 0 Å². The third-order valence-electron chi connectivity index (χ3n) is 6.20. The predicted octanol–water partition coefficient (Wildman–Crippen LogP) is 2.59. The quantitative estimate of drug-likeness (QED) is 0.404. The molecule has 1 aromatic rings. The standard InChI is InChI=1S/C20H20BrNO5/c1-10(20(26)27-9-15(23)11-4-6-14(21)7-5-11)22-18(24)16-12-2-3-13(8-12)17(16)19(22)25/h4-7,10,12-13,16-17H,2-3,8-9H2,1H3/t10-,12+,13+,16-,17+/m1/s1. The van der Waals surface area contributed by atoms with Gasteiger partial charge in [0.25, 0.3) is 0 Å². The van der Waals surface area contributed by atoms with Crippen molar-refractivity contribution in [1.29, 1.82) is 0 Å². The number of carbonyl (C=O) groups excluding carboxylic acids is 4. The lowest BCUT2D eigenvalue weighted by Gasteiger charge is -2.22. The Hall–Kier alpha value is -2.02. The number of imide groups is 1. The minimum atomic E-state index is -1.01. The van der Waals surface area contributed by atoms with E-state index in [9.17, 15) is 19.2 Å². The Morgan fingerprint density at radius 2 is 1.67 bits per heavy atom. The summed E-state index contributed by atoms with van der Waals surface area (Å²) in [7, 11) is 0. The van der Waals surface area contributed by atoms with Crippen molar-refractivity contribution >= 4 is 39.5 Å². The molecule has 0 unspecified atom stereocenters. The van der Waals surface area contributed by atoms with Crippen molar-refractivity contribution < 1.29 is 23.9 Å². The van der Waals surface area contributed by atoms with E-state index in [1.807, 2.05) is 0 Å². The second-order valence-electron chi connectivity index (χ2n) is 7.65. The first-order valence-electron chi connectivity index (χ1n) is 9.20. The van der Waals surface area contributed by atoms with E-state index < -0.39 is 18.6 Å². The number of esters is 1. The van der Waals surface area contributed by atoms with E-state index in [0.29, 0.717) is 5.56 Å². The monoisotopic (exact) mass is 433 g/mol. The molecule has 27 heavy (non-hydrogen) atoms. The summed E-state index contributed by atoms with van der Waals surface area (Å²) in [6.45, 7) is 1.07. The van der Waals surface area contributed by atoms with Crippen LogP contribution in [0.15, 0.2) is 28.7 Å². The van der Waals surface area contributed by atoms with Gasteiger partial charge in [-0.05, 0) is 50.2 Å². The fourth-order valence-corrected chi connectivity index (χ4v) is 5.16. The molecule has 0 aromatic heterocycles. The fraction of sp³-hybridized carbons (Fsp3) is 0.500. The maximum absolute atomic E-state index is 12.8. The Morgan fingerprint density at radius 3 is 2.22 bits per heavy atom. The van der Waals surface area contributed by atoms with Gasteiger partial charge >= 0.3 is 5.97 Å². The number of benzene rings is 1. The van der Waals surface area contributed by atoms with E-state index in [2.05, 4.69) is 15.9 Å². The van der Waals surface area contributed by atoms with Crippen molar-refractivity contribution in [1.82, 2.24) is 4.90 Å². The number of halogens is 1. The molecule has 5 atom stereocenters. The molecule has 0 N–H and O–H groups in total. The van der Waals surface area contributed by atoms with Gasteiger partial charge in [0, 0.05) is 10.0 Å². The number of nitrogens with zero attached hydrogens (tertiary/aromatic N) is 1. The Labute approximate surface area is 165 Å². The Bertz CT molecular complexity index is 792. The molecule has 3 fully saturated rings. The van der Waals surface area contributed by atoms with Gasteiger partial charge in [-0.15, -0.1) is 0 Å². The fourth-order valence-electron chi connectivity index (χ4n) is 4.90. The lowest BCUT2D eigenvalue weighted by molar-refractivity contribution is -0.157. The molecule has 2 bridgehead atoms. The van der Waals surface area contributed by atoms with E-state index in [1.54, 1.807) is 24.3 Å². The Morgan fingerprint density at radius 1 is 1.11 bits per heavy atom. The van der Waals surface area contributed by atoms with Gasteiger partial charge in [0.15, 0.2) is 12.4 Å². The molecule has 0 spiro atoms. The van der Waals surface area contributed by atoms with Crippen molar-refractivity contribution in [3.05, 3.63) is 34.3 Å². The summed E-state index contributed by atoms with van der Waals surface area (Å²) in [5.74, 6) is -1.56. The lowest BCUT2D eigenvalue weighted by Crippen LogP contribution is -2.45. The molecule has 142 valence electrons. The summed E-state index contributed by atoms with van der Waals surface area (Å²) in [6.07, 6.45) is 2.92. The zero-order valence-corrected chi connectivity index (χ0v) is 16.5. The second-order valence-corrected chi connectivity index (χ2v) is 8.56. The van der Waals surface area contributed by atoms with Crippen LogP contribution >= 0.6 is 15.9 Å². The predicted molar refractivity (Wildman–Crippen MR) is 98.6 cm³/mol. The highest BCUT2D eigenvalue weighted by atomic mass is 79.9. The maximum Gasteiger partial charge on any atom is 0.329 e. The van der Waals surface area contributed by atoms with Gasteiger partial charge in [0.2, 0.25) is 11.8 Å². The molecule has 1 heterocycles. The van der Waals surface area contributed by atoms with Crippen LogP contribution in [0.25, 0.3) is 0 Å². The van der Waals surface area contributed by atoms with Crippen LogP contribution in [-0.4, -0.2) is 41.1 Å². The Balaban J connectivity index is 1.39. The van der Waals surface area contributed by atoms with Crippen molar-refractivity contribution in [2.24, 2.45) is 23.7 Å². The van der Waals surface area contributed by atoms with Gasteiger partial charge < -0.3 is 4.74 Å². The molecule has 0 radical (unpaired) electrons. The third-order valence-corrected chi connectivity index (χ3v) is 6.73. The molecule has 7 heteroatoms. The zero-order valence-electron chi connectivity index (χ0n) is 14.9. The van der Waals surface area contributed by atoms with Crippen LogP contribution in [-0.2, 0) is 19.1 Å². The number of Topliss-reactive ketones (excluding diaryl/α,β-unsaturated/α-hetero) is 1. The highest BCUT2D eigenvalue weighted by Gasteiger charge is 2.62. The Kier molecular flexibility index (Phi) is 4.66. The number of carbonyl (C=O) groups is 4. The molecule has 2 aliphatic carbocycles. The number of ketones is 1. The van der Waals surface area contributed by atoms with Gasteiger partial charge in [0.05, 0.1) is 11.8 Å². The van der Waals surface area contributed by atoms with Crippen molar-refractivity contribution in [2.45, 2.75) is 32.2 Å². The zero-order chi connectivity index (χ0) is 19.3. The van der Waals surface area contributed by atoms with E-state index in [0.717, 1.165) is 28.6 Å². The summed E-state index contributed by atoms with van der Waals surface area (Å²) < 4.78 is 5.95. The van der Waals surface area contributed by atoms with Crippen LogP contribution in [0.2, 0.25) is 0 Å². The SMILES string of the molecule is C[C@H](C(=O)OCC(=O)c1ccc(Br)cc1)N1C(=O)[C@@H]2[C@H]3CC[C@@H](C3)[C@@H]2C1=O. The average molecular weight is 434 g/mol. The van der Waals surface area contributed by atoms with Gasteiger partial charge in [-0.2, -0.15) is 0 Å². The molecular weight excluding hydrogens is 414 g/mol. The number of rotatable bonds is 5. The second kappa shape index (κ2) is 6.86. The molecule has 6 nitrogen and oxygen atoms in total. The largest absolute Gasteiger partial charge is 0.456 e. The summed E-state index contributed by atoms with van der Waals surface area (Å²) in [6, 6.07) is 5.72. The first-order chi connectivity index (χ1) is 12.9. The number of ether oxygens (including phenoxy) is 1. The molecule has 1 aromatic carbocycles. The minimum absolute atomic E-state index is 0.249. The summed E-state index contributed by atoms with van der Waals surface area (Å²) >= 11 is 3.29. The number of amides is 2. The van der Waals surface area contributed by atoms with Crippen molar-refractivity contribution in [3.8, 4) is 0 Å². The topological polar surface area (TPSA) is 80.8 Å². The summed E-state index contributed by atoms with van der Waals surface area (Å²) in [5.41, 5.74) is 0.429. The molecular formula is C20H20BrNO5. The number of hydrogen-bond acceptors (Lipinski definition) is 5. The van der Waals surface area contributed by atoms with Gasteiger partial charge in [-0.3, -0.25) is 19.3 Å². The van der Waals surface area contributed by atoms with Gasteiger partial charge in [-0.25, -0.2) is 4.79 Å². The van der Waals surface area contributed by atoms with Gasteiger partial charge in [-0.1, -0.05) is 28.1 Å². The van der Waals surface area contributed by atoms with Crippen LogP contribution in [0.3, 0.4) is 0 Å². The third kappa shape index (κ3) is 3.02. The summed E-state index contributed by atoms with van der Waals surface area (Å²) in [5, 5.41) is 0. The lowest BCUT2D eigenvalue weighted by atomic mass is 9.81. The molecule has 4 rings (SSSR count). The van der Waals surface area contributed by atoms with E-state index in [4.69, 9.17) is 4.74 Å². The first kappa shape index (κ1) is 18.3. The van der Waals surface area contributed by atoms with E-state index in [1.165, 1.54) is 6.92 Å². The normalized spacial score (nSPS) is 29.8. The average Bonchev–Trinajstić information content (AvgIpc) is 3.33. The van der Waals surface area contributed by atoms with Crippen LogP contribution in [0.5, 0.6) is 0 Å². The number of fused-ring (bicyclic) bond motifs is 5. The first-order valence-corrected chi connectivity index (χ1v) is 10.00. The maximum atomic E-state index is 12.8. The van der Waals surface area contributed by atoms with E-state index >= 15 is 0 Å². The highest BCUT2D eigenvalue weighted by molar-refractivity contribution is 9.10. The molecule has 2 saturated carbocycles. The van der Waals surface area contributed by atoms with Gasteiger partial charge in [0.1, 0.15) is 6.04 Å². The molecule has 1 saturated heterocycles. The van der Waals surface area contributed by atoms with E-state index in [-0.39, 0.29) is 41.3 Å². The van der Waals surface area contributed by atoms with Crippen LogP contribution in [0, 0.1) is 23.7 Å². The molecule has 2 amide bonds. The highest BCUT2D eigenvalue weighted by Crippen LogP contribution is 2.56. The summed E-state index contributed by atoms with van der Waals surface area (Å²) in [4.78, 5) is 51.1. The molecule has 1 aliphatic heterocycles. The van der Waals surface area contributed by atoms with Crippen LogP contribution < -0.4 is 0 Å². The molecule has 3 aliphatic rings. The van der Waals surface area contributed by atoms with Crippen molar-refractivity contribution in [2.75, 3.05) is 6.61 Å². The number of hydrogen-bond donors (Lipinski definition) is 0. The van der Waals surface area contributed by atoms with Crippen LogP contribution in [0.4, 0.5) is 0 Å². The number of likely N-dealkylation sites (tertiary alicyclic amines) is 1. The smallest absolute Gasteiger partial charge is 0.329 e. The van der Waals surface area contributed by atoms with Crippen LogP contribution in [0.1, 0.15) is 36.5 Å². The minimum Gasteiger partial charge on any atom is -0.456 e.